The fourth-order valence-corrected chi connectivity index (χ4v) is 2.93. The van der Waals surface area contributed by atoms with Crippen LogP contribution in [0.25, 0.3) is 0 Å². The summed E-state index contributed by atoms with van der Waals surface area (Å²) in [6, 6.07) is 12.3. The lowest BCUT2D eigenvalue weighted by Crippen LogP contribution is -2.31. The Hall–Kier alpha value is -1.45. The van der Waals surface area contributed by atoms with E-state index in [1.54, 1.807) is 11.3 Å². The Morgan fingerprint density at radius 3 is 2.63 bits per heavy atom. The molecule has 0 atom stereocenters. The molecular formula is C16H17NOS. The van der Waals surface area contributed by atoms with Gasteiger partial charge in [0, 0.05) is 18.2 Å². The number of carbonyl (C=O) groups excluding carboxylic acids is 1. The van der Waals surface area contributed by atoms with Crippen molar-refractivity contribution in [2.45, 2.75) is 25.4 Å². The van der Waals surface area contributed by atoms with Crippen molar-refractivity contribution in [3.8, 4) is 0 Å². The third-order valence-electron chi connectivity index (χ3n) is 3.47. The van der Waals surface area contributed by atoms with Crippen LogP contribution in [0.2, 0.25) is 0 Å². The highest BCUT2D eigenvalue weighted by atomic mass is 32.1. The Morgan fingerprint density at radius 2 is 2.00 bits per heavy atom. The second-order valence-electron chi connectivity index (χ2n) is 5.06. The molecule has 0 saturated heterocycles. The van der Waals surface area contributed by atoms with Gasteiger partial charge in [-0.15, -0.1) is 0 Å². The Morgan fingerprint density at radius 1 is 1.21 bits per heavy atom. The zero-order valence-corrected chi connectivity index (χ0v) is 11.6. The lowest BCUT2D eigenvalue weighted by Gasteiger charge is -2.20. The van der Waals surface area contributed by atoms with Gasteiger partial charge in [0.2, 0.25) is 0 Å². The van der Waals surface area contributed by atoms with Crippen molar-refractivity contribution in [3.63, 3.8) is 0 Å². The molecule has 1 saturated carbocycles. The van der Waals surface area contributed by atoms with E-state index >= 15 is 0 Å². The Balaban J connectivity index is 1.66. The molecule has 0 N–H and O–H groups in total. The van der Waals surface area contributed by atoms with Crippen molar-refractivity contribution in [2.24, 2.45) is 0 Å². The molecule has 1 aliphatic rings. The molecular weight excluding hydrogens is 254 g/mol. The van der Waals surface area contributed by atoms with Gasteiger partial charge in [-0.1, -0.05) is 30.3 Å². The zero-order valence-electron chi connectivity index (χ0n) is 10.8. The standard InChI is InChI=1S/C16H17NOS/c18-16(14-4-2-1-3-5-14)11-17(15-6-7-15)10-13-8-9-19-12-13/h1-5,8-9,12,15H,6-7,10-11H2. The van der Waals surface area contributed by atoms with Gasteiger partial charge < -0.3 is 0 Å². The Bertz CT molecular complexity index is 531. The van der Waals surface area contributed by atoms with Crippen LogP contribution in [0.4, 0.5) is 0 Å². The molecule has 0 aliphatic heterocycles. The first-order valence-corrected chi connectivity index (χ1v) is 7.60. The van der Waals surface area contributed by atoms with E-state index in [0.717, 1.165) is 12.1 Å². The first-order valence-electron chi connectivity index (χ1n) is 6.66. The van der Waals surface area contributed by atoms with Gasteiger partial charge in [-0.25, -0.2) is 0 Å². The van der Waals surface area contributed by atoms with Crippen LogP contribution in [0.15, 0.2) is 47.2 Å². The summed E-state index contributed by atoms with van der Waals surface area (Å²) in [5.41, 5.74) is 2.14. The molecule has 98 valence electrons. The Kier molecular flexibility index (Phi) is 3.76. The van der Waals surface area contributed by atoms with Crippen LogP contribution in [0, 0.1) is 0 Å². The smallest absolute Gasteiger partial charge is 0.176 e. The quantitative estimate of drug-likeness (QED) is 0.748. The molecule has 19 heavy (non-hydrogen) atoms. The van der Waals surface area contributed by atoms with Gasteiger partial charge in [0.1, 0.15) is 0 Å². The number of nitrogens with zero attached hydrogens (tertiary/aromatic N) is 1. The van der Waals surface area contributed by atoms with Gasteiger partial charge >= 0.3 is 0 Å². The number of benzene rings is 1. The summed E-state index contributed by atoms with van der Waals surface area (Å²) in [6.45, 7) is 1.43. The summed E-state index contributed by atoms with van der Waals surface area (Å²) in [7, 11) is 0. The van der Waals surface area contributed by atoms with E-state index in [0.29, 0.717) is 12.6 Å². The molecule has 2 nitrogen and oxygen atoms in total. The number of ketones is 1. The van der Waals surface area contributed by atoms with Gasteiger partial charge in [-0.3, -0.25) is 9.69 Å². The van der Waals surface area contributed by atoms with E-state index < -0.39 is 0 Å². The lowest BCUT2D eigenvalue weighted by molar-refractivity contribution is 0.0919. The summed E-state index contributed by atoms with van der Waals surface area (Å²) in [4.78, 5) is 14.6. The maximum atomic E-state index is 12.3. The number of thiophene rings is 1. The second kappa shape index (κ2) is 5.68. The van der Waals surface area contributed by atoms with Crippen molar-refractivity contribution >= 4 is 17.1 Å². The molecule has 3 rings (SSSR count). The summed E-state index contributed by atoms with van der Waals surface area (Å²) in [6.07, 6.45) is 2.46. The molecule has 1 aromatic carbocycles. The monoisotopic (exact) mass is 271 g/mol. The molecule has 0 bridgehead atoms. The van der Waals surface area contributed by atoms with Crippen LogP contribution in [0.1, 0.15) is 28.8 Å². The molecule has 2 aromatic rings. The van der Waals surface area contributed by atoms with Crippen molar-refractivity contribution in [1.29, 1.82) is 0 Å². The molecule has 0 spiro atoms. The van der Waals surface area contributed by atoms with Crippen molar-refractivity contribution < 1.29 is 4.79 Å². The van der Waals surface area contributed by atoms with E-state index in [1.165, 1.54) is 18.4 Å². The predicted molar refractivity (Wildman–Crippen MR) is 78.5 cm³/mol. The van der Waals surface area contributed by atoms with Crippen molar-refractivity contribution in [3.05, 3.63) is 58.3 Å². The zero-order chi connectivity index (χ0) is 13.1. The number of Topliss-reactive ketones (excluding diaryl/α,β-unsaturated/α-hetero) is 1. The topological polar surface area (TPSA) is 20.3 Å². The van der Waals surface area contributed by atoms with E-state index in [1.807, 2.05) is 30.3 Å². The van der Waals surface area contributed by atoms with E-state index in [-0.39, 0.29) is 5.78 Å². The maximum absolute atomic E-state index is 12.3. The van der Waals surface area contributed by atoms with Crippen molar-refractivity contribution in [2.75, 3.05) is 6.54 Å². The predicted octanol–water partition coefficient (Wildman–Crippen LogP) is 3.60. The van der Waals surface area contributed by atoms with Gasteiger partial charge in [-0.2, -0.15) is 11.3 Å². The van der Waals surface area contributed by atoms with Gasteiger partial charge in [0.05, 0.1) is 6.54 Å². The van der Waals surface area contributed by atoms with Crippen molar-refractivity contribution in [1.82, 2.24) is 4.90 Å². The average Bonchev–Trinajstić information content (AvgIpc) is 3.17. The second-order valence-corrected chi connectivity index (χ2v) is 5.84. The van der Waals surface area contributed by atoms with Gasteiger partial charge in [-0.05, 0) is 35.2 Å². The summed E-state index contributed by atoms with van der Waals surface area (Å²) >= 11 is 1.72. The molecule has 1 heterocycles. The third-order valence-corrected chi connectivity index (χ3v) is 4.20. The minimum absolute atomic E-state index is 0.225. The van der Waals surface area contributed by atoms with E-state index in [2.05, 4.69) is 21.7 Å². The lowest BCUT2D eigenvalue weighted by atomic mass is 10.1. The molecule has 0 radical (unpaired) electrons. The highest BCUT2D eigenvalue weighted by molar-refractivity contribution is 7.07. The van der Waals surface area contributed by atoms with Crippen LogP contribution in [-0.2, 0) is 6.54 Å². The van der Waals surface area contributed by atoms with E-state index in [9.17, 15) is 4.79 Å². The highest BCUT2D eigenvalue weighted by Gasteiger charge is 2.30. The molecule has 3 heteroatoms. The molecule has 0 unspecified atom stereocenters. The maximum Gasteiger partial charge on any atom is 0.176 e. The van der Waals surface area contributed by atoms with Crippen LogP contribution in [0.3, 0.4) is 0 Å². The van der Waals surface area contributed by atoms with Gasteiger partial charge in [0.25, 0.3) is 0 Å². The van der Waals surface area contributed by atoms with E-state index in [4.69, 9.17) is 0 Å². The summed E-state index contributed by atoms with van der Waals surface area (Å²) in [5.74, 6) is 0.225. The molecule has 1 fully saturated rings. The van der Waals surface area contributed by atoms with Crippen LogP contribution < -0.4 is 0 Å². The van der Waals surface area contributed by atoms with Crippen LogP contribution >= 0.6 is 11.3 Å². The number of rotatable bonds is 6. The first kappa shape index (κ1) is 12.6. The normalized spacial score (nSPS) is 14.8. The fraction of sp³-hybridized carbons (Fsp3) is 0.312. The number of carbonyl (C=O) groups is 1. The average molecular weight is 271 g/mol. The molecule has 1 aromatic heterocycles. The minimum atomic E-state index is 0.225. The number of hydrogen-bond donors (Lipinski definition) is 0. The van der Waals surface area contributed by atoms with Crippen LogP contribution in [-0.4, -0.2) is 23.3 Å². The van der Waals surface area contributed by atoms with Gasteiger partial charge in [0.15, 0.2) is 5.78 Å². The Labute approximate surface area is 117 Å². The highest BCUT2D eigenvalue weighted by Crippen LogP contribution is 2.28. The number of hydrogen-bond acceptors (Lipinski definition) is 3. The van der Waals surface area contributed by atoms with Crippen LogP contribution in [0.5, 0.6) is 0 Å². The molecule has 0 amide bonds. The summed E-state index contributed by atoms with van der Waals surface area (Å²) < 4.78 is 0. The largest absolute Gasteiger partial charge is 0.293 e. The minimum Gasteiger partial charge on any atom is -0.293 e. The summed E-state index contributed by atoms with van der Waals surface area (Å²) in [5, 5.41) is 4.27. The third kappa shape index (κ3) is 3.31. The fourth-order valence-electron chi connectivity index (χ4n) is 2.27. The first-order chi connectivity index (χ1) is 9.33. The SMILES string of the molecule is O=C(CN(Cc1ccsc1)C1CC1)c1ccccc1. The molecule has 1 aliphatic carbocycles.